The first-order valence-electron chi connectivity index (χ1n) is 10.2. The van der Waals surface area contributed by atoms with Gasteiger partial charge in [-0.3, -0.25) is 9.59 Å². The molecule has 1 fully saturated rings. The minimum absolute atomic E-state index is 0.00230. The third-order valence-electron chi connectivity index (χ3n) is 5.24. The minimum Gasteiger partial charge on any atom is -0.507 e. The highest BCUT2D eigenvalue weighted by molar-refractivity contribution is 6.46. The maximum atomic E-state index is 13.0. The highest BCUT2D eigenvalue weighted by atomic mass is 16.5. The molecule has 1 atom stereocenters. The topological polar surface area (TPSA) is 94.5 Å². The van der Waals surface area contributed by atoms with E-state index in [4.69, 9.17) is 18.9 Å². The van der Waals surface area contributed by atoms with E-state index in [1.165, 1.54) is 26.2 Å². The highest BCUT2D eigenvalue weighted by Gasteiger charge is 2.46. The van der Waals surface area contributed by atoms with Gasteiger partial charge in [0.15, 0.2) is 11.5 Å². The predicted molar refractivity (Wildman–Crippen MR) is 118 cm³/mol. The van der Waals surface area contributed by atoms with Crippen LogP contribution in [0, 0.1) is 0 Å². The number of hydrogen-bond acceptors (Lipinski definition) is 7. The number of benzene rings is 2. The van der Waals surface area contributed by atoms with E-state index in [9.17, 15) is 14.7 Å². The second kappa shape index (κ2) is 10.2. The summed E-state index contributed by atoms with van der Waals surface area (Å²) in [5.74, 6) is -0.102. The molecule has 2 aromatic rings. The first-order valence-corrected chi connectivity index (χ1v) is 10.2. The molecule has 1 heterocycles. The molecule has 1 aliphatic heterocycles. The molecule has 1 N–H and O–H groups in total. The number of rotatable bonds is 9. The van der Waals surface area contributed by atoms with Crippen LogP contribution in [0.3, 0.4) is 0 Å². The van der Waals surface area contributed by atoms with Crippen molar-refractivity contribution in [2.45, 2.75) is 13.0 Å². The maximum absolute atomic E-state index is 13.0. The second-order valence-corrected chi connectivity index (χ2v) is 7.06. The molecule has 0 radical (unpaired) electrons. The first kappa shape index (κ1) is 23.1. The third kappa shape index (κ3) is 4.40. The van der Waals surface area contributed by atoms with E-state index >= 15 is 0 Å². The Kier molecular flexibility index (Phi) is 7.37. The van der Waals surface area contributed by atoms with Gasteiger partial charge >= 0.3 is 0 Å². The average Bonchev–Trinajstić information content (AvgIpc) is 3.07. The number of Topliss-reactive ketones (excluding diaryl/α,β-unsaturated/α-hetero) is 1. The Bertz CT molecular complexity index is 1010. The minimum atomic E-state index is -0.808. The molecule has 0 unspecified atom stereocenters. The van der Waals surface area contributed by atoms with Gasteiger partial charge in [0.2, 0.25) is 0 Å². The summed E-state index contributed by atoms with van der Waals surface area (Å²) < 4.78 is 21.3. The number of aliphatic hydroxyl groups excluding tert-OH is 1. The van der Waals surface area contributed by atoms with Crippen molar-refractivity contribution in [1.82, 2.24) is 4.90 Å². The van der Waals surface area contributed by atoms with Crippen molar-refractivity contribution < 1.29 is 33.6 Å². The molecule has 32 heavy (non-hydrogen) atoms. The Balaban J connectivity index is 2.15. The summed E-state index contributed by atoms with van der Waals surface area (Å²) in [7, 11) is 4.57. The van der Waals surface area contributed by atoms with Gasteiger partial charge in [0.25, 0.3) is 11.7 Å². The molecule has 8 heteroatoms. The fourth-order valence-electron chi connectivity index (χ4n) is 3.68. The number of methoxy groups -OCH3 is 3. The fourth-order valence-corrected chi connectivity index (χ4v) is 3.68. The second-order valence-electron chi connectivity index (χ2n) is 7.06. The zero-order valence-electron chi connectivity index (χ0n) is 18.6. The Hall–Kier alpha value is -3.52. The first-order chi connectivity index (χ1) is 15.5. The van der Waals surface area contributed by atoms with E-state index in [0.29, 0.717) is 35.0 Å². The van der Waals surface area contributed by atoms with Crippen molar-refractivity contribution in [3.63, 3.8) is 0 Å². The van der Waals surface area contributed by atoms with Gasteiger partial charge in [0.1, 0.15) is 11.5 Å². The Labute approximate surface area is 187 Å². The lowest BCUT2D eigenvalue weighted by Crippen LogP contribution is -2.32. The Morgan fingerprint density at radius 3 is 2.31 bits per heavy atom. The number of ketones is 1. The van der Waals surface area contributed by atoms with Crippen molar-refractivity contribution in [1.29, 1.82) is 0 Å². The standard InChI is InChI=1S/C24H27NO7/c1-5-32-18-11-8-16(14-19(18)31-4)21-20(23(27)24(28)25(21)12-13-29-2)22(26)15-6-9-17(30-3)10-7-15/h6-11,14,21,26H,5,12-13H2,1-4H3/b22-20+/t21-/m1/s1. The Morgan fingerprint density at radius 1 is 1.00 bits per heavy atom. The number of ether oxygens (including phenoxy) is 4. The zero-order chi connectivity index (χ0) is 23.3. The van der Waals surface area contributed by atoms with Crippen LogP contribution in [0.1, 0.15) is 24.1 Å². The van der Waals surface area contributed by atoms with Gasteiger partial charge in [0, 0.05) is 19.2 Å². The van der Waals surface area contributed by atoms with Gasteiger partial charge in [-0.25, -0.2) is 0 Å². The molecule has 2 aromatic carbocycles. The van der Waals surface area contributed by atoms with Gasteiger partial charge in [0.05, 0.1) is 39.0 Å². The summed E-state index contributed by atoms with van der Waals surface area (Å²) in [4.78, 5) is 27.3. The molecule has 0 saturated carbocycles. The lowest BCUT2D eigenvalue weighted by Gasteiger charge is -2.25. The van der Waals surface area contributed by atoms with Crippen LogP contribution in [0.5, 0.6) is 17.2 Å². The molecule has 1 amide bonds. The van der Waals surface area contributed by atoms with Crippen LogP contribution in [-0.2, 0) is 14.3 Å². The van der Waals surface area contributed by atoms with E-state index < -0.39 is 17.7 Å². The summed E-state index contributed by atoms with van der Waals surface area (Å²) in [5.41, 5.74) is 1.01. The van der Waals surface area contributed by atoms with Crippen LogP contribution >= 0.6 is 0 Å². The molecule has 0 bridgehead atoms. The third-order valence-corrected chi connectivity index (χ3v) is 5.24. The number of carbonyl (C=O) groups excluding carboxylic acids is 2. The number of hydrogen-bond donors (Lipinski definition) is 1. The highest BCUT2D eigenvalue weighted by Crippen LogP contribution is 2.42. The number of likely N-dealkylation sites (tertiary alicyclic amines) is 1. The molecular formula is C24H27NO7. The lowest BCUT2D eigenvalue weighted by molar-refractivity contribution is -0.140. The smallest absolute Gasteiger partial charge is 0.295 e. The molecule has 8 nitrogen and oxygen atoms in total. The summed E-state index contributed by atoms with van der Waals surface area (Å²) in [5, 5.41) is 11.1. The van der Waals surface area contributed by atoms with Crippen molar-refractivity contribution in [2.24, 2.45) is 0 Å². The van der Waals surface area contributed by atoms with Crippen LogP contribution in [0.4, 0.5) is 0 Å². The fraction of sp³-hybridized carbons (Fsp3) is 0.333. The summed E-state index contributed by atoms with van der Waals surface area (Å²) in [6.45, 7) is 2.74. The van der Waals surface area contributed by atoms with Crippen LogP contribution in [0.2, 0.25) is 0 Å². The van der Waals surface area contributed by atoms with Crippen molar-refractivity contribution in [3.8, 4) is 17.2 Å². The normalized spacial score (nSPS) is 17.5. The van der Waals surface area contributed by atoms with Crippen LogP contribution in [-0.4, -0.2) is 62.8 Å². The molecule has 0 aromatic heterocycles. The molecule has 1 aliphatic rings. The summed E-state index contributed by atoms with van der Waals surface area (Å²) >= 11 is 0. The van der Waals surface area contributed by atoms with Gasteiger partial charge in [-0.1, -0.05) is 6.07 Å². The molecule has 170 valence electrons. The van der Waals surface area contributed by atoms with Crippen LogP contribution < -0.4 is 14.2 Å². The van der Waals surface area contributed by atoms with Crippen molar-refractivity contribution in [2.75, 3.05) is 41.1 Å². The molecule has 0 aliphatic carbocycles. The van der Waals surface area contributed by atoms with Crippen molar-refractivity contribution in [3.05, 3.63) is 59.2 Å². The van der Waals surface area contributed by atoms with Gasteiger partial charge in [-0.05, 0) is 48.9 Å². The van der Waals surface area contributed by atoms with Gasteiger partial charge in [-0.2, -0.15) is 0 Å². The monoisotopic (exact) mass is 441 g/mol. The molecule has 3 rings (SSSR count). The predicted octanol–water partition coefficient (Wildman–Crippen LogP) is 3.17. The van der Waals surface area contributed by atoms with Gasteiger partial charge in [-0.15, -0.1) is 0 Å². The van der Waals surface area contributed by atoms with E-state index in [-0.39, 0.29) is 24.5 Å². The van der Waals surface area contributed by atoms with Crippen LogP contribution in [0.25, 0.3) is 5.76 Å². The van der Waals surface area contributed by atoms with Crippen molar-refractivity contribution >= 4 is 17.4 Å². The zero-order valence-corrected chi connectivity index (χ0v) is 18.6. The Morgan fingerprint density at radius 2 is 1.72 bits per heavy atom. The maximum Gasteiger partial charge on any atom is 0.295 e. The number of nitrogens with zero attached hydrogens (tertiary/aromatic N) is 1. The number of amides is 1. The summed E-state index contributed by atoms with van der Waals surface area (Å²) in [6.07, 6.45) is 0. The van der Waals surface area contributed by atoms with E-state index in [0.717, 1.165) is 0 Å². The lowest BCUT2D eigenvalue weighted by atomic mass is 9.95. The molecule has 0 spiro atoms. The largest absolute Gasteiger partial charge is 0.507 e. The summed E-state index contributed by atoms with van der Waals surface area (Å²) in [6, 6.07) is 11.0. The van der Waals surface area contributed by atoms with E-state index in [1.807, 2.05) is 6.92 Å². The van der Waals surface area contributed by atoms with Crippen LogP contribution in [0.15, 0.2) is 48.0 Å². The van der Waals surface area contributed by atoms with E-state index in [2.05, 4.69) is 0 Å². The molecular weight excluding hydrogens is 414 g/mol. The number of aliphatic hydroxyl groups is 1. The van der Waals surface area contributed by atoms with E-state index in [1.54, 1.807) is 42.5 Å². The van der Waals surface area contributed by atoms with Gasteiger partial charge < -0.3 is 29.0 Å². The average molecular weight is 441 g/mol. The SMILES string of the molecule is CCOc1ccc([C@@H]2/C(=C(\O)c3ccc(OC)cc3)C(=O)C(=O)N2CCOC)cc1OC. The quantitative estimate of drug-likeness (QED) is 0.363. The number of carbonyl (C=O) groups is 2. The molecule has 1 saturated heterocycles.